The number of aliphatic imine (C=N–C) groups is 3. The van der Waals surface area contributed by atoms with Gasteiger partial charge in [0, 0.05) is 19.0 Å². The first kappa shape index (κ1) is 20.6. The molecule has 27 heavy (non-hydrogen) atoms. The van der Waals surface area contributed by atoms with Crippen LogP contribution in [0.3, 0.4) is 0 Å². The average molecular weight is 425 g/mol. The van der Waals surface area contributed by atoms with Gasteiger partial charge in [0.1, 0.15) is 11.9 Å². The van der Waals surface area contributed by atoms with Gasteiger partial charge >= 0.3 is 15.6 Å². The first-order valence-electron chi connectivity index (χ1n) is 8.07. The topological polar surface area (TPSA) is 186 Å². The van der Waals surface area contributed by atoms with Crippen LogP contribution in [0.5, 0.6) is 0 Å². The Morgan fingerprint density at radius 2 is 2.00 bits per heavy atom. The van der Waals surface area contributed by atoms with E-state index in [2.05, 4.69) is 24.8 Å². The zero-order valence-electron chi connectivity index (χ0n) is 14.3. The first-order valence-corrected chi connectivity index (χ1v) is 11.1. The van der Waals surface area contributed by atoms with Crippen molar-refractivity contribution >= 4 is 34.2 Å². The van der Waals surface area contributed by atoms with Gasteiger partial charge in [-0.3, -0.25) is 19.0 Å². The largest absolute Gasteiger partial charge is 0.469 e. The highest BCUT2D eigenvalue weighted by Gasteiger charge is 2.46. The number of nitrogens with zero attached hydrogens (tertiary/aromatic N) is 4. The minimum atomic E-state index is -4.78. The van der Waals surface area contributed by atoms with Crippen LogP contribution in [0.1, 0.15) is 12.8 Å². The summed E-state index contributed by atoms with van der Waals surface area (Å²) in [5.41, 5.74) is 0. The molecule has 0 saturated heterocycles. The van der Waals surface area contributed by atoms with E-state index < -0.39 is 34.3 Å². The summed E-state index contributed by atoms with van der Waals surface area (Å²) in [7, 11) is -7.86. The molecule has 2 unspecified atom stereocenters. The molecule has 0 radical (unpaired) electrons. The molecule has 0 spiro atoms. The zero-order chi connectivity index (χ0) is 19.8. The molecule has 5 N–H and O–H groups in total. The maximum atomic E-state index is 11.3. The van der Waals surface area contributed by atoms with Gasteiger partial charge in [-0.15, -0.1) is 0 Å². The third-order valence-electron chi connectivity index (χ3n) is 4.67. The molecule has 0 aromatic heterocycles. The number of amidine groups is 1. The zero-order valence-corrected chi connectivity index (χ0v) is 16.1. The van der Waals surface area contributed by atoms with Crippen LogP contribution in [0.25, 0.3) is 0 Å². The smallest absolute Gasteiger partial charge is 0.336 e. The molecule has 0 aromatic carbocycles. The molecule has 1 fully saturated rings. The van der Waals surface area contributed by atoms with Crippen LogP contribution in [0.15, 0.2) is 15.0 Å². The Morgan fingerprint density at radius 3 is 2.63 bits per heavy atom. The average Bonchev–Trinajstić information content (AvgIpc) is 3.14. The summed E-state index contributed by atoms with van der Waals surface area (Å²) in [4.78, 5) is 50.8. The van der Waals surface area contributed by atoms with Crippen molar-refractivity contribution in [2.75, 3.05) is 13.7 Å². The number of hydrogen-bond donors (Lipinski definition) is 5. The summed E-state index contributed by atoms with van der Waals surface area (Å²) in [6.07, 6.45) is 2.39. The molecule has 3 rings (SSSR count). The molecule has 5 atom stereocenters. The Balaban J connectivity index is 1.74. The predicted octanol–water partition coefficient (Wildman–Crippen LogP) is -0.949. The molecule has 0 bridgehead atoms. The summed E-state index contributed by atoms with van der Waals surface area (Å²) >= 11 is 0. The van der Waals surface area contributed by atoms with Crippen molar-refractivity contribution in [3.8, 4) is 0 Å². The van der Waals surface area contributed by atoms with Crippen LogP contribution in [0, 0.1) is 5.92 Å². The number of rotatable bonds is 6. The molecule has 0 aromatic rings. The minimum Gasteiger partial charge on any atom is -0.336 e. The van der Waals surface area contributed by atoms with Crippen LogP contribution in [0.4, 0.5) is 0 Å². The highest BCUT2D eigenvalue weighted by Crippen LogP contribution is 2.46. The molecule has 15 heteroatoms. The molecule has 13 nitrogen and oxygen atoms in total. The minimum absolute atomic E-state index is 0.219. The van der Waals surface area contributed by atoms with Crippen LogP contribution in [-0.2, 0) is 18.2 Å². The number of nitrogens with one attached hydrogen (secondary N) is 1. The van der Waals surface area contributed by atoms with Gasteiger partial charge < -0.3 is 29.8 Å². The van der Waals surface area contributed by atoms with E-state index in [0.29, 0.717) is 12.3 Å². The molecular formula is C12H21N5O8P2. The fourth-order valence-corrected chi connectivity index (χ4v) is 4.57. The van der Waals surface area contributed by atoms with E-state index in [-0.39, 0.29) is 24.7 Å². The Hall–Kier alpha value is -1.17. The Kier molecular flexibility index (Phi) is 5.85. The van der Waals surface area contributed by atoms with E-state index in [1.807, 2.05) is 4.90 Å². The highest BCUT2D eigenvalue weighted by molar-refractivity contribution is 7.46. The second-order valence-corrected chi connectivity index (χ2v) is 8.84. The van der Waals surface area contributed by atoms with Gasteiger partial charge in [-0.25, -0.2) is 14.1 Å². The lowest BCUT2D eigenvalue weighted by atomic mass is 10.1. The number of fused-ring (bicyclic) bond motifs is 1. The Labute approximate surface area is 154 Å². The summed E-state index contributed by atoms with van der Waals surface area (Å²) in [6, 6.07) is -0.564. The first-order chi connectivity index (χ1) is 12.6. The third kappa shape index (κ3) is 5.01. The van der Waals surface area contributed by atoms with E-state index in [9.17, 15) is 9.13 Å². The van der Waals surface area contributed by atoms with Gasteiger partial charge in [0.05, 0.1) is 25.4 Å². The Bertz CT molecular complexity index is 748. The van der Waals surface area contributed by atoms with Crippen molar-refractivity contribution in [3.63, 3.8) is 0 Å². The fraction of sp³-hybridized carbons (Fsp3) is 0.750. The van der Waals surface area contributed by atoms with E-state index in [0.717, 1.165) is 0 Å². The summed E-state index contributed by atoms with van der Waals surface area (Å²) in [5, 5.41) is 2.92. The van der Waals surface area contributed by atoms with E-state index in [1.165, 1.54) is 6.34 Å². The normalized spacial score (nSPS) is 34.9. The van der Waals surface area contributed by atoms with Crippen LogP contribution < -0.4 is 5.32 Å². The lowest BCUT2D eigenvalue weighted by Gasteiger charge is -2.32. The SMILES string of the molecule is CN=C1NC=NC2C1N=CN2[C@@H]1C[C@H](COP(=O)(O)O)[C@@H](OP(=O)(O)O)C1. The summed E-state index contributed by atoms with van der Waals surface area (Å²) in [5.74, 6) is 0.0313. The summed E-state index contributed by atoms with van der Waals surface area (Å²) in [6.45, 7) is -0.392. The lowest BCUT2D eigenvalue weighted by molar-refractivity contribution is 0.0736. The van der Waals surface area contributed by atoms with Crippen molar-refractivity contribution in [3.05, 3.63) is 0 Å². The van der Waals surface area contributed by atoms with Crippen molar-refractivity contribution in [2.24, 2.45) is 20.9 Å². The van der Waals surface area contributed by atoms with Crippen LogP contribution in [0.2, 0.25) is 0 Å². The molecule has 3 aliphatic rings. The van der Waals surface area contributed by atoms with Gasteiger partial charge in [0.25, 0.3) is 0 Å². The second kappa shape index (κ2) is 7.69. The highest BCUT2D eigenvalue weighted by atomic mass is 31.2. The summed E-state index contributed by atoms with van der Waals surface area (Å²) < 4.78 is 31.6. The third-order valence-corrected chi connectivity index (χ3v) is 5.70. The van der Waals surface area contributed by atoms with Crippen molar-refractivity contribution in [1.29, 1.82) is 0 Å². The molecule has 2 aliphatic heterocycles. The van der Waals surface area contributed by atoms with Crippen molar-refractivity contribution < 1.29 is 37.8 Å². The van der Waals surface area contributed by atoms with Gasteiger partial charge in [-0.2, -0.15) is 0 Å². The monoisotopic (exact) mass is 425 g/mol. The molecular weight excluding hydrogens is 404 g/mol. The van der Waals surface area contributed by atoms with Crippen molar-refractivity contribution in [2.45, 2.75) is 37.2 Å². The molecule has 2 heterocycles. The van der Waals surface area contributed by atoms with Gasteiger partial charge in [0.15, 0.2) is 6.17 Å². The van der Waals surface area contributed by atoms with Crippen LogP contribution in [-0.4, -0.2) is 81.0 Å². The predicted molar refractivity (Wildman–Crippen MR) is 94.3 cm³/mol. The van der Waals surface area contributed by atoms with Gasteiger partial charge in [-0.1, -0.05) is 0 Å². The number of hydrogen-bond acceptors (Lipinski definition) is 8. The quantitative estimate of drug-likeness (QED) is 0.332. The van der Waals surface area contributed by atoms with Crippen molar-refractivity contribution in [1.82, 2.24) is 10.2 Å². The molecule has 1 saturated carbocycles. The fourth-order valence-electron chi connectivity index (χ4n) is 3.57. The van der Waals surface area contributed by atoms with E-state index in [1.54, 1.807) is 13.4 Å². The Morgan fingerprint density at radius 1 is 1.26 bits per heavy atom. The molecule has 152 valence electrons. The maximum Gasteiger partial charge on any atom is 0.469 e. The standard InChI is InChI=1S/C12H21N5O8P2/c1-13-11-10-12(15-5-14-11)17(6-16-10)8-2-7(4-24-26(18,19)20)9(3-8)25-27(21,22)23/h5-10,12H,2-4H2,1H3,(H,13,14,15)(H2,18,19,20)(H2,21,22,23)/t7-,8-,9+,10?,12?/m1/s1. The van der Waals surface area contributed by atoms with Gasteiger partial charge in [0.2, 0.25) is 0 Å². The second-order valence-electron chi connectivity index (χ2n) is 6.41. The number of phosphoric ester groups is 2. The molecule has 1 aliphatic carbocycles. The number of phosphoric acid groups is 2. The van der Waals surface area contributed by atoms with Crippen LogP contribution >= 0.6 is 15.6 Å². The molecule has 0 amide bonds. The van der Waals surface area contributed by atoms with Gasteiger partial charge in [-0.05, 0) is 12.8 Å². The lowest BCUT2D eigenvalue weighted by Crippen LogP contribution is -2.50. The maximum absolute atomic E-state index is 11.3. The van der Waals surface area contributed by atoms with E-state index in [4.69, 9.17) is 24.1 Å². The van der Waals surface area contributed by atoms with E-state index >= 15 is 0 Å².